The zero-order chi connectivity index (χ0) is 17.6. The maximum Gasteiger partial charge on any atom is 0.227 e. The highest BCUT2D eigenvalue weighted by Gasteiger charge is 2.46. The summed E-state index contributed by atoms with van der Waals surface area (Å²) in [5, 5.41) is 0. The minimum Gasteiger partial charge on any atom is -0.486 e. The Morgan fingerprint density at radius 1 is 1.28 bits per heavy atom. The molecular formula is C20H28N2O3. The molecule has 25 heavy (non-hydrogen) atoms. The van der Waals surface area contributed by atoms with E-state index in [-0.39, 0.29) is 23.3 Å². The van der Waals surface area contributed by atoms with Gasteiger partial charge in [0.25, 0.3) is 0 Å². The van der Waals surface area contributed by atoms with E-state index < -0.39 is 0 Å². The van der Waals surface area contributed by atoms with E-state index in [1.807, 2.05) is 6.92 Å². The summed E-state index contributed by atoms with van der Waals surface area (Å²) in [4.78, 5) is 15.0. The summed E-state index contributed by atoms with van der Waals surface area (Å²) in [7, 11) is 0. The van der Waals surface area contributed by atoms with Gasteiger partial charge in [0.2, 0.25) is 5.91 Å². The molecule has 5 heteroatoms. The summed E-state index contributed by atoms with van der Waals surface area (Å²) >= 11 is 0. The number of carbonyl (C=O) groups is 1. The average molecular weight is 344 g/mol. The highest BCUT2D eigenvalue weighted by Crippen LogP contribution is 2.52. The van der Waals surface area contributed by atoms with E-state index in [4.69, 9.17) is 15.2 Å². The SMILES string of the molecule is CC(CN)C(=O)N1CC2(CCCC2)c2cc3c(cc2C1C)OCCO3. The van der Waals surface area contributed by atoms with Crippen molar-refractivity contribution < 1.29 is 14.3 Å². The van der Waals surface area contributed by atoms with Gasteiger partial charge >= 0.3 is 0 Å². The molecule has 5 nitrogen and oxygen atoms in total. The van der Waals surface area contributed by atoms with Gasteiger partial charge in [0.15, 0.2) is 11.5 Å². The molecule has 1 saturated carbocycles. The van der Waals surface area contributed by atoms with Crippen molar-refractivity contribution in [2.24, 2.45) is 11.7 Å². The number of benzene rings is 1. The molecule has 1 aliphatic carbocycles. The molecule has 2 aliphatic heterocycles. The van der Waals surface area contributed by atoms with Gasteiger partial charge in [0, 0.05) is 24.4 Å². The van der Waals surface area contributed by atoms with Crippen molar-refractivity contribution in [3.63, 3.8) is 0 Å². The van der Waals surface area contributed by atoms with Crippen LogP contribution in [0.1, 0.15) is 56.7 Å². The Labute approximate surface area is 149 Å². The quantitative estimate of drug-likeness (QED) is 0.896. The third-order valence-corrected chi connectivity index (χ3v) is 6.30. The summed E-state index contributed by atoms with van der Waals surface area (Å²) in [5.41, 5.74) is 8.41. The van der Waals surface area contributed by atoms with Crippen molar-refractivity contribution >= 4 is 5.91 Å². The Hall–Kier alpha value is -1.75. The molecule has 2 unspecified atom stereocenters. The molecule has 2 N–H and O–H groups in total. The van der Waals surface area contributed by atoms with E-state index in [1.54, 1.807) is 0 Å². The lowest BCUT2D eigenvalue weighted by Crippen LogP contribution is -2.50. The van der Waals surface area contributed by atoms with Crippen LogP contribution >= 0.6 is 0 Å². The van der Waals surface area contributed by atoms with Crippen LogP contribution in [0.25, 0.3) is 0 Å². The van der Waals surface area contributed by atoms with E-state index in [0.29, 0.717) is 19.8 Å². The first-order chi connectivity index (χ1) is 12.1. The fourth-order valence-electron chi connectivity index (χ4n) is 4.76. The van der Waals surface area contributed by atoms with Crippen molar-refractivity contribution in [3.05, 3.63) is 23.3 Å². The van der Waals surface area contributed by atoms with Gasteiger partial charge in [0.05, 0.1) is 6.04 Å². The molecule has 1 aromatic carbocycles. The molecule has 0 aromatic heterocycles. The van der Waals surface area contributed by atoms with Crippen LogP contribution in [0, 0.1) is 5.92 Å². The number of hydrogen-bond acceptors (Lipinski definition) is 4. The molecule has 1 amide bonds. The predicted molar refractivity (Wildman–Crippen MR) is 95.9 cm³/mol. The van der Waals surface area contributed by atoms with Crippen LogP contribution in [-0.4, -0.2) is 37.1 Å². The summed E-state index contributed by atoms with van der Waals surface area (Å²) in [5.74, 6) is 1.70. The fourth-order valence-corrected chi connectivity index (χ4v) is 4.76. The third-order valence-electron chi connectivity index (χ3n) is 6.30. The Morgan fingerprint density at radius 2 is 1.92 bits per heavy atom. The van der Waals surface area contributed by atoms with Crippen molar-refractivity contribution in [2.45, 2.75) is 51.0 Å². The van der Waals surface area contributed by atoms with Gasteiger partial charge in [-0.2, -0.15) is 0 Å². The lowest BCUT2D eigenvalue weighted by atomic mass is 9.71. The van der Waals surface area contributed by atoms with Gasteiger partial charge in [-0.15, -0.1) is 0 Å². The summed E-state index contributed by atoms with van der Waals surface area (Å²) in [6.07, 6.45) is 4.70. The summed E-state index contributed by atoms with van der Waals surface area (Å²) in [6.45, 7) is 6.42. The highest BCUT2D eigenvalue weighted by atomic mass is 16.6. The second kappa shape index (κ2) is 6.20. The first kappa shape index (κ1) is 16.7. The maximum absolute atomic E-state index is 13.0. The molecule has 136 valence electrons. The van der Waals surface area contributed by atoms with Crippen LogP contribution in [0.15, 0.2) is 12.1 Å². The van der Waals surface area contributed by atoms with E-state index in [2.05, 4.69) is 24.0 Å². The minimum absolute atomic E-state index is 0.0403. The van der Waals surface area contributed by atoms with E-state index >= 15 is 0 Å². The molecule has 0 radical (unpaired) electrons. The Morgan fingerprint density at radius 3 is 2.56 bits per heavy atom. The van der Waals surface area contributed by atoms with Crippen LogP contribution in [0.4, 0.5) is 0 Å². The van der Waals surface area contributed by atoms with Crippen molar-refractivity contribution in [1.82, 2.24) is 4.90 Å². The number of rotatable bonds is 2. The third kappa shape index (κ3) is 2.60. The second-order valence-corrected chi connectivity index (χ2v) is 7.85. The highest BCUT2D eigenvalue weighted by molar-refractivity contribution is 5.80. The number of carbonyl (C=O) groups excluding carboxylic acids is 1. The zero-order valence-electron chi connectivity index (χ0n) is 15.2. The first-order valence-corrected chi connectivity index (χ1v) is 9.50. The van der Waals surface area contributed by atoms with Crippen LogP contribution in [0.2, 0.25) is 0 Å². The monoisotopic (exact) mass is 344 g/mol. The van der Waals surface area contributed by atoms with E-state index in [9.17, 15) is 4.79 Å². The number of nitrogens with two attached hydrogens (primary N) is 1. The van der Waals surface area contributed by atoms with E-state index in [1.165, 1.54) is 24.0 Å². The maximum atomic E-state index is 13.0. The lowest BCUT2D eigenvalue weighted by molar-refractivity contribution is -0.138. The molecule has 0 saturated heterocycles. The van der Waals surface area contributed by atoms with Crippen molar-refractivity contribution in [3.8, 4) is 11.5 Å². The van der Waals surface area contributed by atoms with Crippen molar-refractivity contribution in [2.75, 3.05) is 26.3 Å². The second-order valence-electron chi connectivity index (χ2n) is 7.85. The average Bonchev–Trinajstić information content (AvgIpc) is 3.12. The first-order valence-electron chi connectivity index (χ1n) is 9.50. The summed E-state index contributed by atoms with van der Waals surface area (Å²) < 4.78 is 11.6. The minimum atomic E-state index is -0.139. The largest absolute Gasteiger partial charge is 0.486 e. The topological polar surface area (TPSA) is 64.8 Å². The van der Waals surface area contributed by atoms with Gasteiger partial charge in [-0.05, 0) is 43.0 Å². The molecule has 3 aliphatic rings. The molecule has 1 spiro atoms. The standard InChI is InChI=1S/C20H28N2O3/c1-13(11-21)19(23)22-12-20(5-3-4-6-20)16-10-18-17(24-7-8-25-18)9-15(16)14(22)2/h9-10,13-14H,3-8,11-12,21H2,1-2H3. The molecular weight excluding hydrogens is 316 g/mol. The summed E-state index contributed by atoms with van der Waals surface area (Å²) in [6, 6.07) is 4.35. The van der Waals surface area contributed by atoms with Gasteiger partial charge in [-0.3, -0.25) is 4.79 Å². The Balaban J connectivity index is 1.81. The van der Waals surface area contributed by atoms with E-state index in [0.717, 1.165) is 30.9 Å². The molecule has 2 heterocycles. The van der Waals surface area contributed by atoms with Crippen molar-refractivity contribution in [1.29, 1.82) is 0 Å². The Kier molecular flexibility index (Phi) is 4.14. The van der Waals surface area contributed by atoms with Crippen LogP contribution < -0.4 is 15.2 Å². The normalized spacial score (nSPS) is 24.9. The van der Waals surface area contributed by atoms with Gasteiger partial charge in [0.1, 0.15) is 13.2 Å². The number of ether oxygens (including phenoxy) is 2. The van der Waals surface area contributed by atoms with Crippen LogP contribution in [-0.2, 0) is 10.2 Å². The number of nitrogens with zero attached hydrogens (tertiary/aromatic N) is 1. The molecule has 1 aromatic rings. The smallest absolute Gasteiger partial charge is 0.227 e. The zero-order valence-corrected chi connectivity index (χ0v) is 15.2. The number of fused-ring (bicyclic) bond motifs is 3. The molecule has 4 rings (SSSR count). The van der Waals surface area contributed by atoms with Crippen LogP contribution in [0.3, 0.4) is 0 Å². The predicted octanol–water partition coefficient (Wildman–Crippen LogP) is 2.77. The van der Waals surface area contributed by atoms with Gasteiger partial charge in [-0.25, -0.2) is 0 Å². The lowest BCUT2D eigenvalue weighted by Gasteiger charge is -2.47. The van der Waals surface area contributed by atoms with Gasteiger partial charge in [-0.1, -0.05) is 19.8 Å². The van der Waals surface area contributed by atoms with Gasteiger partial charge < -0.3 is 20.1 Å². The molecule has 0 bridgehead atoms. The number of amides is 1. The van der Waals surface area contributed by atoms with Crippen LogP contribution in [0.5, 0.6) is 11.5 Å². The molecule has 1 fully saturated rings. The Bertz CT molecular complexity index is 682. The number of hydrogen-bond donors (Lipinski definition) is 1. The fraction of sp³-hybridized carbons (Fsp3) is 0.650. The molecule has 2 atom stereocenters.